The van der Waals surface area contributed by atoms with E-state index in [1.165, 1.54) is 0 Å². The summed E-state index contributed by atoms with van der Waals surface area (Å²) < 4.78 is 0. The van der Waals surface area contributed by atoms with Crippen LogP contribution in [0.1, 0.15) is 12.5 Å². The molecule has 2 N–H and O–H groups in total. The van der Waals surface area contributed by atoms with Gasteiger partial charge in [0.1, 0.15) is 5.71 Å². The number of nitrogens with zero attached hydrogens (tertiary/aromatic N) is 4. The molecule has 0 spiro atoms. The van der Waals surface area contributed by atoms with Gasteiger partial charge in [0.2, 0.25) is 0 Å². The van der Waals surface area contributed by atoms with E-state index in [9.17, 15) is 5.21 Å². The molecule has 0 aliphatic heterocycles. The molecule has 0 saturated carbocycles. The summed E-state index contributed by atoms with van der Waals surface area (Å²) in [6.07, 6.45) is 1.63. The Labute approximate surface area is 175 Å². The maximum Gasteiger partial charge on any atom is 0.173 e. The van der Waals surface area contributed by atoms with Gasteiger partial charge < -0.3 is 4.90 Å². The third-order valence-electron chi connectivity index (χ3n) is 3.83. The standard InChI is InChI=1S/C20H23Cl2N5O/c1-16(25-23-15-17-5-3-2-4-6-17)20(26-28)24-18-7-9-19(10-8-18)27(13-11-21)14-12-22/h2-10,15,28H,11-14H2,1H3,(H,24,26). The van der Waals surface area contributed by atoms with E-state index in [0.29, 0.717) is 36.2 Å². The largest absolute Gasteiger partial charge is 0.369 e. The van der Waals surface area contributed by atoms with Gasteiger partial charge in [-0.3, -0.25) is 10.7 Å². The van der Waals surface area contributed by atoms with Crippen LogP contribution in [0, 0.1) is 0 Å². The Morgan fingerprint density at radius 2 is 1.68 bits per heavy atom. The van der Waals surface area contributed by atoms with E-state index in [4.69, 9.17) is 23.2 Å². The van der Waals surface area contributed by atoms with Gasteiger partial charge in [0.25, 0.3) is 0 Å². The summed E-state index contributed by atoms with van der Waals surface area (Å²) in [5.74, 6) is 1.26. The van der Waals surface area contributed by atoms with Crippen LogP contribution in [0.5, 0.6) is 0 Å². The van der Waals surface area contributed by atoms with Crippen LogP contribution in [0.15, 0.2) is 69.8 Å². The second kappa shape index (κ2) is 12.1. The number of halogens is 2. The first-order valence-corrected chi connectivity index (χ1v) is 9.83. The van der Waals surface area contributed by atoms with Gasteiger partial charge >= 0.3 is 0 Å². The SMILES string of the molecule is CC(=NN=Cc1ccccc1)C(=Nc1ccc(N(CCCl)CCCl)cc1)NO. The zero-order valence-electron chi connectivity index (χ0n) is 15.6. The fourth-order valence-electron chi connectivity index (χ4n) is 2.40. The second-order valence-electron chi connectivity index (χ2n) is 5.79. The molecule has 0 amide bonds. The van der Waals surface area contributed by atoms with E-state index in [1.807, 2.05) is 54.6 Å². The first-order chi connectivity index (χ1) is 13.7. The Hall–Kier alpha value is -2.41. The Kier molecular flexibility index (Phi) is 9.48. The van der Waals surface area contributed by atoms with Crippen molar-refractivity contribution in [2.24, 2.45) is 15.2 Å². The van der Waals surface area contributed by atoms with Crippen LogP contribution >= 0.6 is 23.2 Å². The number of benzene rings is 2. The number of hydrogen-bond donors (Lipinski definition) is 2. The fourth-order valence-corrected chi connectivity index (χ4v) is 2.80. The topological polar surface area (TPSA) is 72.6 Å². The van der Waals surface area contributed by atoms with Gasteiger partial charge in [-0.15, -0.1) is 23.2 Å². The lowest BCUT2D eigenvalue weighted by molar-refractivity contribution is 0.236. The second-order valence-corrected chi connectivity index (χ2v) is 6.55. The molecule has 0 heterocycles. The molecular weight excluding hydrogens is 397 g/mol. The van der Waals surface area contributed by atoms with Gasteiger partial charge in [-0.2, -0.15) is 10.2 Å². The van der Waals surface area contributed by atoms with Gasteiger partial charge in [-0.1, -0.05) is 30.3 Å². The van der Waals surface area contributed by atoms with Gasteiger partial charge in [-0.25, -0.2) is 4.99 Å². The zero-order chi connectivity index (χ0) is 20.2. The van der Waals surface area contributed by atoms with Crippen molar-refractivity contribution in [1.82, 2.24) is 5.48 Å². The lowest BCUT2D eigenvalue weighted by Crippen LogP contribution is -2.27. The van der Waals surface area contributed by atoms with Crippen molar-refractivity contribution < 1.29 is 5.21 Å². The molecule has 0 aliphatic carbocycles. The Bertz CT molecular complexity index is 801. The fraction of sp³-hybridized carbons (Fsp3) is 0.250. The third kappa shape index (κ3) is 6.96. The first-order valence-electron chi connectivity index (χ1n) is 8.76. The molecule has 2 rings (SSSR count). The summed E-state index contributed by atoms with van der Waals surface area (Å²) in [7, 11) is 0. The zero-order valence-corrected chi connectivity index (χ0v) is 17.1. The minimum absolute atomic E-state index is 0.219. The van der Waals surface area contributed by atoms with Crippen LogP contribution in [-0.4, -0.2) is 47.8 Å². The molecule has 8 heteroatoms. The molecule has 0 fully saturated rings. The number of hydroxylamine groups is 1. The van der Waals surface area contributed by atoms with E-state index in [0.717, 1.165) is 11.3 Å². The normalized spacial score (nSPS) is 12.4. The van der Waals surface area contributed by atoms with E-state index < -0.39 is 0 Å². The minimum atomic E-state index is 0.219. The number of nitrogens with one attached hydrogen (secondary N) is 1. The van der Waals surface area contributed by atoms with Crippen LogP contribution in [0.2, 0.25) is 0 Å². The van der Waals surface area contributed by atoms with E-state index in [2.05, 4.69) is 25.6 Å². The maximum absolute atomic E-state index is 9.41. The Morgan fingerprint density at radius 3 is 2.25 bits per heavy atom. The minimum Gasteiger partial charge on any atom is -0.369 e. The van der Waals surface area contributed by atoms with Gasteiger partial charge in [0.15, 0.2) is 5.84 Å². The number of anilines is 1. The van der Waals surface area contributed by atoms with Crippen molar-refractivity contribution in [3.63, 3.8) is 0 Å². The average Bonchev–Trinajstić information content (AvgIpc) is 2.73. The van der Waals surface area contributed by atoms with Gasteiger partial charge in [0, 0.05) is 30.5 Å². The first kappa shape index (κ1) is 21.9. The predicted molar refractivity (Wildman–Crippen MR) is 119 cm³/mol. The quantitative estimate of drug-likeness (QED) is 0.272. The third-order valence-corrected chi connectivity index (χ3v) is 4.17. The molecule has 148 valence electrons. The Morgan fingerprint density at radius 1 is 1.04 bits per heavy atom. The highest BCUT2D eigenvalue weighted by molar-refractivity contribution is 6.40. The number of alkyl halides is 2. The predicted octanol–water partition coefficient (Wildman–Crippen LogP) is 4.47. The van der Waals surface area contributed by atoms with E-state index >= 15 is 0 Å². The summed E-state index contributed by atoms with van der Waals surface area (Å²) in [5.41, 5.74) is 5.14. The number of rotatable bonds is 9. The number of aliphatic imine (C=N–C) groups is 1. The average molecular weight is 420 g/mol. The highest BCUT2D eigenvalue weighted by Crippen LogP contribution is 2.20. The van der Waals surface area contributed by atoms with Gasteiger partial charge in [-0.05, 0) is 36.8 Å². The summed E-state index contributed by atoms with van der Waals surface area (Å²) in [5, 5.41) is 17.5. The molecule has 2 aromatic rings. The van der Waals surface area contributed by atoms with Crippen molar-refractivity contribution >= 4 is 52.3 Å². The Balaban J connectivity index is 2.12. The highest BCUT2D eigenvalue weighted by atomic mass is 35.5. The molecule has 2 aromatic carbocycles. The molecule has 0 saturated heterocycles. The number of amidine groups is 1. The van der Waals surface area contributed by atoms with Crippen molar-refractivity contribution in [2.75, 3.05) is 29.7 Å². The van der Waals surface area contributed by atoms with E-state index in [-0.39, 0.29) is 5.84 Å². The monoisotopic (exact) mass is 419 g/mol. The lowest BCUT2D eigenvalue weighted by atomic mass is 10.2. The summed E-state index contributed by atoms with van der Waals surface area (Å²) in [4.78, 5) is 6.48. The lowest BCUT2D eigenvalue weighted by Gasteiger charge is -2.22. The van der Waals surface area contributed by atoms with Crippen LogP contribution < -0.4 is 10.4 Å². The maximum atomic E-state index is 9.41. The van der Waals surface area contributed by atoms with E-state index in [1.54, 1.807) is 13.1 Å². The smallest absolute Gasteiger partial charge is 0.173 e. The molecule has 0 radical (unpaired) electrons. The van der Waals surface area contributed by atoms with Crippen LogP contribution in [0.25, 0.3) is 0 Å². The molecule has 0 unspecified atom stereocenters. The van der Waals surface area contributed by atoms with Gasteiger partial charge in [0.05, 0.1) is 11.9 Å². The summed E-state index contributed by atoms with van der Waals surface area (Å²) in [6.45, 7) is 3.14. The molecule has 6 nitrogen and oxygen atoms in total. The molecule has 0 aliphatic rings. The summed E-state index contributed by atoms with van der Waals surface area (Å²) >= 11 is 11.7. The molecular formula is C20H23Cl2N5O. The molecule has 0 bridgehead atoms. The van der Waals surface area contributed by atoms with Crippen molar-refractivity contribution in [3.8, 4) is 0 Å². The van der Waals surface area contributed by atoms with Crippen molar-refractivity contribution in [2.45, 2.75) is 6.92 Å². The molecule has 0 atom stereocenters. The molecule has 0 aromatic heterocycles. The number of hydrogen-bond acceptors (Lipinski definition) is 5. The molecule has 28 heavy (non-hydrogen) atoms. The summed E-state index contributed by atoms with van der Waals surface area (Å²) in [6, 6.07) is 17.2. The van der Waals surface area contributed by atoms with Crippen molar-refractivity contribution in [1.29, 1.82) is 0 Å². The van der Waals surface area contributed by atoms with Crippen molar-refractivity contribution in [3.05, 3.63) is 60.2 Å². The highest BCUT2D eigenvalue weighted by Gasteiger charge is 2.06. The van der Waals surface area contributed by atoms with Crippen LogP contribution in [0.4, 0.5) is 11.4 Å². The van der Waals surface area contributed by atoms with Crippen LogP contribution in [-0.2, 0) is 0 Å². The van der Waals surface area contributed by atoms with Crippen LogP contribution in [0.3, 0.4) is 0 Å².